The van der Waals surface area contributed by atoms with Crippen molar-refractivity contribution in [1.82, 2.24) is 4.72 Å². The predicted molar refractivity (Wildman–Crippen MR) is 55.5 cm³/mol. The molecule has 0 amide bonds. The number of hydrogen-bond donors (Lipinski definition) is 1. The topological polar surface area (TPSA) is 79.2 Å². The summed E-state index contributed by atoms with van der Waals surface area (Å²) in [4.78, 5) is 0. The summed E-state index contributed by atoms with van der Waals surface area (Å²) in [6.45, 7) is 3.90. The second-order valence-corrected chi connectivity index (χ2v) is 6.12. The van der Waals surface area contributed by atoms with Gasteiger partial charge in [0, 0.05) is 18.6 Å². The van der Waals surface area contributed by atoms with E-state index in [-0.39, 0.29) is 17.6 Å². The number of ether oxygens (including phenoxy) is 1. The van der Waals surface area contributed by atoms with Crippen LogP contribution in [0.25, 0.3) is 0 Å². The number of nitrogens with one attached hydrogen (secondary N) is 1. The second-order valence-electron chi connectivity index (χ2n) is 4.37. The normalized spacial score (nSPS) is 29.2. The molecule has 1 aliphatic rings. The molecular weight excluding hydrogens is 216 g/mol. The lowest BCUT2D eigenvalue weighted by Gasteiger charge is -2.50. The molecule has 0 saturated heterocycles. The monoisotopic (exact) mass is 232 g/mol. The highest BCUT2D eigenvalue weighted by atomic mass is 32.2. The summed E-state index contributed by atoms with van der Waals surface area (Å²) in [7, 11) is -1.84. The summed E-state index contributed by atoms with van der Waals surface area (Å²) in [5.74, 6) is -0.489. The van der Waals surface area contributed by atoms with Crippen molar-refractivity contribution in [3.63, 3.8) is 0 Å². The van der Waals surface area contributed by atoms with Crippen LogP contribution in [0, 0.1) is 16.7 Å². The number of sulfonamides is 1. The average molecular weight is 232 g/mol. The molecule has 6 heteroatoms. The van der Waals surface area contributed by atoms with E-state index >= 15 is 0 Å². The third-order valence-corrected chi connectivity index (χ3v) is 4.19. The Morgan fingerprint density at radius 3 is 2.60 bits per heavy atom. The first-order valence-corrected chi connectivity index (χ1v) is 6.38. The molecule has 2 unspecified atom stereocenters. The largest absolute Gasteiger partial charge is 0.381 e. The van der Waals surface area contributed by atoms with Crippen molar-refractivity contribution < 1.29 is 13.2 Å². The number of nitrogens with zero attached hydrogens (tertiary/aromatic N) is 1. The number of methoxy groups -OCH3 is 1. The summed E-state index contributed by atoms with van der Waals surface area (Å²) < 4.78 is 30.4. The van der Waals surface area contributed by atoms with Gasteiger partial charge in [-0.2, -0.15) is 5.26 Å². The Labute approximate surface area is 90.5 Å². The van der Waals surface area contributed by atoms with Crippen LogP contribution in [-0.4, -0.2) is 33.4 Å². The fourth-order valence-corrected chi connectivity index (χ4v) is 2.92. The molecule has 86 valence electrons. The smallest absolute Gasteiger partial charge is 0.225 e. The van der Waals surface area contributed by atoms with Gasteiger partial charge < -0.3 is 4.74 Å². The molecule has 0 heterocycles. The minimum absolute atomic E-state index is 0.0762. The van der Waals surface area contributed by atoms with E-state index in [1.165, 1.54) is 0 Å². The van der Waals surface area contributed by atoms with E-state index in [9.17, 15) is 8.42 Å². The lowest BCUT2D eigenvalue weighted by atomic mass is 9.65. The Bertz CT molecular complexity index is 369. The van der Waals surface area contributed by atoms with Gasteiger partial charge in [-0.25, -0.2) is 13.1 Å². The Morgan fingerprint density at radius 1 is 1.60 bits per heavy atom. The van der Waals surface area contributed by atoms with Gasteiger partial charge in [0.1, 0.15) is 0 Å². The van der Waals surface area contributed by atoms with E-state index in [0.29, 0.717) is 6.42 Å². The van der Waals surface area contributed by atoms with E-state index < -0.39 is 15.8 Å². The molecule has 15 heavy (non-hydrogen) atoms. The first kappa shape index (κ1) is 12.4. The van der Waals surface area contributed by atoms with Crippen molar-refractivity contribution in [2.75, 3.05) is 12.9 Å². The average Bonchev–Trinajstić information content (AvgIpc) is 2.11. The fraction of sp³-hybridized carbons (Fsp3) is 0.889. The van der Waals surface area contributed by atoms with Crippen molar-refractivity contribution in [2.24, 2.45) is 5.41 Å². The van der Waals surface area contributed by atoms with Gasteiger partial charge in [-0.3, -0.25) is 0 Å². The number of nitriles is 1. The zero-order valence-electron chi connectivity index (χ0n) is 9.15. The highest BCUT2D eigenvalue weighted by Crippen LogP contribution is 2.42. The van der Waals surface area contributed by atoms with E-state index in [0.717, 1.165) is 0 Å². The van der Waals surface area contributed by atoms with E-state index in [1.54, 1.807) is 13.2 Å². The van der Waals surface area contributed by atoms with Crippen LogP contribution < -0.4 is 4.72 Å². The van der Waals surface area contributed by atoms with Crippen molar-refractivity contribution in [2.45, 2.75) is 32.4 Å². The molecule has 0 spiro atoms. The molecule has 0 aliphatic heterocycles. The summed E-state index contributed by atoms with van der Waals surface area (Å²) in [6, 6.07) is 1.49. The Balaban J connectivity index is 2.61. The number of rotatable bonds is 4. The molecular formula is C9H16N2O3S. The van der Waals surface area contributed by atoms with Gasteiger partial charge in [0.05, 0.1) is 12.2 Å². The second kappa shape index (κ2) is 4.08. The Kier molecular flexibility index (Phi) is 3.38. The first-order valence-electron chi connectivity index (χ1n) is 4.73. The first-order chi connectivity index (χ1) is 6.83. The maximum atomic E-state index is 11.3. The van der Waals surface area contributed by atoms with Gasteiger partial charge in [0.2, 0.25) is 10.0 Å². The Morgan fingerprint density at radius 2 is 2.20 bits per heavy atom. The van der Waals surface area contributed by atoms with E-state index in [2.05, 4.69) is 4.72 Å². The summed E-state index contributed by atoms with van der Waals surface area (Å²) in [5.41, 5.74) is -0.211. The molecule has 0 aromatic carbocycles. The molecule has 0 aromatic rings. The molecule has 1 N–H and O–H groups in total. The van der Waals surface area contributed by atoms with Crippen LogP contribution >= 0.6 is 0 Å². The molecule has 1 aliphatic carbocycles. The van der Waals surface area contributed by atoms with Crippen LogP contribution in [0.5, 0.6) is 0 Å². The maximum Gasteiger partial charge on any atom is 0.225 e. The summed E-state index contributed by atoms with van der Waals surface area (Å²) in [5, 5.41) is 8.34. The Hall–Kier alpha value is -0.640. The summed E-state index contributed by atoms with van der Waals surface area (Å²) >= 11 is 0. The van der Waals surface area contributed by atoms with Crippen LogP contribution in [0.4, 0.5) is 0 Å². The van der Waals surface area contributed by atoms with Gasteiger partial charge in [0.25, 0.3) is 0 Å². The van der Waals surface area contributed by atoms with E-state index in [4.69, 9.17) is 10.00 Å². The van der Waals surface area contributed by atoms with Gasteiger partial charge in [-0.15, -0.1) is 0 Å². The molecule has 0 radical (unpaired) electrons. The minimum Gasteiger partial charge on any atom is -0.381 e. The maximum absolute atomic E-state index is 11.3. The zero-order chi connectivity index (χ0) is 11.7. The van der Waals surface area contributed by atoms with Crippen molar-refractivity contribution in [3.8, 4) is 6.07 Å². The van der Waals surface area contributed by atoms with Crippen LogP contribution in [0.2, 0.25) is 0 Å². The zero-order valence-corrected chi connectivity index (χ0v) is 9.97. The number of hydrogen-bond acceptors (Lipinski definition) is 4. The lowest BCUT2D eigenvalue weighted by Crippen LogP contribution is -2.61. The van der Waals surface area contributed by atoms with Gasteiger partial charge in [0.15, 0.2) is 5.75 Å². The SMILES string of the molecule is COC1CC(NS(=O)(=O)CC#N)C1(C)C. The van der Waals surface area contributed by atoms with Gasteiger partial charge in [-0.05, 0) is 6.42 Å². The predicted octanol–water partition coefficient (Wildman–Crippen LogP) is 0.243. The quantitative estimate of drug-likeness (QED) is 0.753. The van der Waals surface area contributed by atoms with Crippen LogP contribution in [0.1, 0.15) is 20.3 Å². The van der Waals surface area contributed by atoms with Gasteiger partial charge >= 0.3 is 0 Å². The molecule has 0 bridgehead atoms. The minimum atomic E-state index is -3.46. The van der Waals surface area contributed by atoms with Crippen molar-refractivity contribution >= 4 is 10.0 Å². The summed E-state index contributed by atoms with van der Waals surface area (Å²) in [6.07, 6.45) is 0.737. The van der Waals surface area contributed by atoms with Crippen molar-refractivity contribution in [3.05, 3.63) is 0 Å². The molecule has 2 atom stereocenters. The standard InChI is InChI=1S/C9H16N2O3S/c1-9(2)7(6-8(9)14-3)11-15(12,13)5-4-10/h7-8,11H,5-6H2,1-3H3. The van der Waals surface area contributed by atoms with Gasteiger partial charge in [-0.1, -0.05) is 13.8 Å². The highest BCUT2D eigenvalue weighted by Gasteiger charge is 2.49. The van der Waals surface area contributed by atoms with Crippen LogP contribution in [0.15, 0.2) is 0 Å². The lowest BCUT2D eigenvalue weighted by molar-refractivity contribution is -0.0908. The van der Waals surface area contributed by atoms with Crippen LogP contribution in [0.3, 0.4) is 0 Å². The third kappa shape index (κ3) is 2.48. The molecule has 5 nitrogen and oxygen atoms in total. The molecule has 1 saturated carbocycles. The highest BCUT2D eigenvalue weighted by molar-refractivity contribution is 7.89. The van der Waals surface area contributed by atoms with E-state index in [1.807, 2.05) is 13.8 Å². The molecule has 1 rings (SSSR count). The van der Waals surface area contributed by atoms with Crippen LogP contribution in [-0.2, 0) is 14.8 Å². The fourth-order valence-electron chi connectivity index (χ4n) is 1.83. The molecule has 1 fully saturated rings. The molecule has 0 aromatic heterocycles. The van der Waals surface area contributed by atoms with Crippen molar-refractivity contribution in [1.29, 1.82) is 5.26 Å². The third-order valence-electron chi connectivity index (χ3n) is 3.04.